The van der Waals surface area contributed by atoms with Crippen molar-refractivity contribution in [1.82, 2.24) is 19.1 Å². The van der Waals surface area contributed by atoms with Crippen LogP contribution in [0.1, 0.15) is 5.56 Å². The molecule has 1 amide bonds. The smallest absolute Gasteiger partial charge is 0.243 e. The van der Waals surface area contributed by atoms with Crippen molar-refractivity contribution in [3.63, 3.8) is 0 Å². The Hall–Kier alpha value is -2.73. The van der Waals surface area contributed by atoms with Crippen LogP contribution < -0.4 is 5.32 Å². The fraction of sp³-hybridized carbons (Fsp3) is 0.286. The second-order valence-corrected chi connectivity index (χ2v) is 10.0. The monoisotopic (exact) mass is 473 g/mol. The SMILES string of the molecule is Cc1ccc(NC(=O)CSc2nncn2-c2ccccc2)cc1S(=O)(=O)N1CCOCC1. The number of nitrogens with one attached hydrogen (secondary N) is 1. The molecule has 4 rings (SSSR count). The molecular formula is C21H23N5O4S2. The van der Waals surface area contributed by atoms with Crippen LogP contribution in [0.4, 0.5) is 5.69 Å². The van der Waals surface area contributed by atoms with E-state index in [9.17, 15) is 13.2 Å². The van der Waals surface area contributed by atoms with E-state index in [-0.39, 0.29) is 16.6 Å². The van der Waals surface area contributed by atoms with Gasteiger partial charge < -0.3 is 10.1 Å². The maximum atomic E-state index is 13.0. The summed E-state index contributed by atoms with van der Waals surface area (Å²) in [4.78, 5) is 12.7. The normalized spacial score (nSPS) is 14.9. The molecule has 1 N–H and O–H groups in total. The van der Waals surface area contributed by atoms with Gasteiger partial charge in [0, 0.05) is 24.5 Å². The Balaban J connectivity index is 1.43. The summed E-state index contributed by atoms with van der Waals surface area (Å²) in [5.74, 6) is -0.165. The molecule has 9 nitrogen and oxygen atoms in total. The van der Waals surface area contributed by atoms with Crippen LogP contribution >= 0.6 is 11.8 Å². The molecule has 0 bridgehead atoms. The number of amides is 1. The standard InChI is InChI=1S/C21H23N5O4S2/c1-16-7-8-17(13-19(16)32(28,29)25-9-11-30-12-10-25)23-20(27)14-31-21-24-22-15-26(21)18-5-3-2-4-6-18/h2-8,13,15H,9-12,14H2,1H3,(H,23,27). The van der Waals surface area contributed by atoms with Crippen LogP contribution in [0.25, 0.3) is 5.69 Å². The van der Waals surface area contributed by atoms with E-state index in [0.29, 0.717) is 42.7 Å². The number of ether oxygens (including phenoxy) is 1. The van der Waals surface area contributed by atoms with Gasteiger partial charge in [0.1, 0.15) is 6.33 Å². The molecule has 11 heteroatoms. The summed E-state index contributed by atoms with van der Waals surface area (Å²) in [5, 5.41) is 11.4. The zero-order chi connectivity index (χ0) is 22.6. The van der Waals surface area contributed by atoms with Crippen LogP contribution in [-0.2, 0) is 19.6 Å². The summed E-state index contributed by atoms with van der Waals surface area (Å²) in [6, 6.07) is 14.5. The lowest BCUT2D eigenvalue weighted by Gasteiger charge is -2.26. The van der Waals surface area contributed by atoms with E-state index >= 15 is 0 Å². The molecule has 168 valence electrons. The molecule has 1 fully saturated rings. The van der Waals surface area contributed by atoms with E-state index in [4.69, 9.17) is 4.74 Å². The molecule has 0 unspecified atom stereocenters. The highest BCUT2D eigenvalue weighted by molar-refractivity contribution is 7.99. The van der Waals surface area contributed by atoms with E-state index in [0.717, 1.165) is 5.69 Å². The molecule has 1 aromatic heterocycles. The first-order valence-electron chi connectivity index (χ1n) is 10.0. The summed E-state index contributed by atoms with van der Waals surface area (Å²) in [6.45, 7) is 3.12. The lowest BCUT2D eigenvalue weighted by atomic mass is 10.2. The van der Waals surface area contributed by atoms with Gasteiger partial charge in [-0.1, -0.05) is 36.0 Å². The van der Waals surface area contributed by atoms with Gasteiger partial charge >= 0.3 is 0 Å². The average molecular weight is 474 g/mol. The lowest BCUT2D eigenvalue weighted by molar-refractivity contribution is -0.113. The van der Waals surface area contributed by atoms with Crippen LogP contribution in [0.3, 0.4) is 0 Å². The highest BCUT2D eigenvalue weighted by Gasteiger charge is 2.28. The maximum Gasteiger partial charge on any atom is 0.243 e. The molecule has 0 saturated carbocycles. The molecule has 3 aromatic rings. The van der Waals surface area contributed by atoms with Crippen molar-refractivity contribution in [3.05, 3.63) is 60.4 Å². The number of carbonyl (C=O) groups excluding carboxylic acids is 1. The molecular weight excluding hydrogens is 450 g/mol. The maximum absolute atomic E-state index is 13.0. The summed E-state index contributed by atoms with van der Waals surface area (Å²) in [7, 11) is -3.66. The first-order valence-corrected chi connectivity index (χ1v) is 12.4. The van der Waals surface area contributed by atoms with Crippen molar-refractivity contribution >= 4 is 33.4 Å². The van der Waals surface area contributed by atoms with Gasteiger partial charge in [0.15, 0.2) is 5.16 Å². The number of hydrogen-bond donors (Lipinski definition) is 1. The Morgan fingerprint density at radius 1 is 1.16 bits per heavy atom. The van der Waals surface area contributed by atoms with Crippen molar-refractivity contribution in [2.45, 2.75) is 17.0 Å². The van der Waals surface area contributed by atoms with Crippen molar-refractivity contribution in [1.29, 1.82) is 0 Å². The fourth-order valence-electron chi connectivity index (χ4n) is 3.30. The number of sulfonamides is 1. The summed E-state index contributed by atoms with van der Waals surface area (Å²) >= 11 is 1.25. The van der Waals surface area contributed by atoms with Crippen molar-refractivity contribution < 1.29 is 17.9 Å². The quantitative estimate of drug-likeness (QED) is 0.525. The first-order chi connectivity index (χ1) is 15.4. The number of morpholine rings is 1. The van der Waals surface area contributed by atoms with Crippen molar-refractivity contribution in [2.24, 2.45) is 0 Å². The number of anilines is 1. The summed E-state index contributed by atoms with van der Waals surface area (Å²) < 4.78 is 34.5. The number of thioether (sulfide) groups is 1. The Bertz CT molecular complexity index is 1190. The summed E-state index contributed by atoms with van der Waals surface area (Å²) in [5.41, 5.74) is 1.95. The van der Waals surface area contributed by atoms with E-state index in [1.165, 1.54) is 22.1 Å². The van der Waals surface area contributed by atoms with E-state index in [1.807, 2.05) is 30.3 Å². The predicted molar refractivity (Wildman–Crippen MR) is 121 cm³/mol. The highest BCUT2D eigenvalue weighted by Crippen LogP contribution is 2.25. The third-order valence-electron chi connectivity index (χ3n) is 4.94. The number of aromatic nitrogens is 3. The van der Waals surface area contributed by atoms with Crippen LogP contribution in [0.2, 0.25) is 0 Å². The third-order valence-corrected chi connectivity index (χ3v) is 7.93. The largest absolute Gasteiger partial charge is 0.379 e. The zero-order valence-electron chi connectivity index (χ0n) is 17.5. The zero-order valence-corrected chi connectivity index (χ0v) is 19.1. The number of hydrogen-bond acceptors (Lipinski definition) is 7. The molecule has 1 aliphatic heterocycles. The Labute approximate surface area is 190 Å². The molecule has 2 aromatic carbocycles. The van der Waals surface area contributed by atoms with Gasteiger partial charge in [0.05, 0.1) is 23.9 Å². The number of para-hydroxylation sites is 1. The van der Waals surface area contributed by atoms with Gasteiger partial charge in [-0.2, -0.15) is 4.31 Å². The number of aryl methyl sites for hydroxylation is 1. The van der Waals surface area contributed by atoms with Gasteiger partial charge in [-0.15, -0.1) is 10.2 Å². The molecule has 0 radical (unpaired) electrons. The minimum atomic E-state index is -3.66. The second kappa shape index (κ2) is 9.82. The number of benzene rings is 2. The third kappa shape index (κ3) is 5.01. The summed E-state index contributed by atoms with van der Waals surface area (Å²) in [6.07, 6.45) is 1.60. The van der Waals surface area contributed by atoms with Crippen molar-refractivity contribution in [3.8, 4) is 5.69 Å². The van der Waals surface area contributed by atoms with Crippen LogP contribution in [0.5, 0.6) is 0 Å². The molecule has 0 spiro atoms. The van der Waals surface area contributed by atoms with Crippen LogP contribution in [0, 0.1) is 6.92 Å². The minimum Gasteiger partial charge on any atom is -0.379 e. The molecule has 1 saturated heterocycles. The minimum absolute atomic E-state index is 0.102. The van der Waals surface area contributed by atoms with Gasteiger partial charge in [0.25, 0.3) is 0 Å². The van der Waals surface area contributed by atoms with E-state index in [1.54, 1.807) is 30.0 Å². The molecule has 0 atom stereocenters. The predicted octanol–water partition coefficient (Wildman–Crippen LogP) is 2.33. The van der Waals surface area contributed by atoms with Crippen LogP contribution in [-0.4, -0.2) is 65.5 Å². The Morgan fingerprint density at radius 3 is 2.66 bits per heavy atom. The van der Waals surface area contributed by atoms with E-state index < -0.39 is 10.0 Å². The Kier molecular flexibility index (Phi) is 6.89. The van der Waals surface area contributed by atoms with E-state index in [2.05, 4.69) is 15.5 Å². The van der Waals surface area contributed by atoms with Crippen LogP contribution in [0.15, 0.2) is 64.9 Å². The first kappa shape index (κ1) is 22.5. The molecule has 2 heterocycles. The molecule has 1 aliphatic rings. The van der Waals surface area contributed by atoms with Gasteiger partial charge in [-0.05, 0) is 36.8 Å². The fourth-order valence-corrected chi connectivity index (χ4v) is 5.69. The van der Waals surface area contributed by atoms with Crippen molar-refractivity contribution in [2.75, 3.05) is 37.4 Å². The molecule has 0 aliphatic carbocycles. The molecule has 32 heavy (non-hydrogen) atoms. The highest BCUT2D eigenvalue weighted by atomic mass is 32.2. The number of nitrogens with zero attached hydrogens (tertiary/aromatic N) is 4. The number of rotatable bonds is 7. The van der Waals surface area contributed by atoms with Gasteiger partial charge in [-0.3, -0.25) is 9.36 Å². The Morgan fingerprint density at radius 2 is 1.91 bits per heavy atom. The van der Waals surface area contributed by atoms with Gasteiger partial charge in [-0.25, -0.2) is 8.42 Å². The van der Waals surface area contributed by atoms with Gasteiger partial charge in [0.2, 0.25) is 15.9 Å². The second-order valence-electron chi connectivity index (χ2n) is 7.15. The lowest BCUT2D eigenvalue weighted by Crippen LogP contribution is -2.40. The number of carbonyl (C=O) groups is 1. The topological polar surface area (TPSA) is 106 Å². The average Bonchev–Trinajstić information content (AvgIpc) is 3.29.